The zero-order valence-corrected chi connectivity index (χ0v) is 41.6. The summed E-state index contributed by atoms with van der Waals surface area (Å²) in [5, 5.41) is 6.39. The third kappa shape index (κ3) is 8.10. The van der Waals surface area contributed by atoms with Gasteiger partial charge < -0.3 is 14.0 Å². The van der Waals surface area contributed by atoms with Crippen LogP contribution < -0.4 is 5.19 Å². The van der Waals surface area contributed by atoms with Crippen molar-refractivity contribution in [1.82, 2.24) is 19.5 Å². The van der Waals surface area contributed by atoms with Crippen LogP contribution in [0, 0.1) is 19.0 Å². The summed E-state index contributed by atoms with van der Waals surface area (Å²) in [5.74, 6) is 1.11. The number of nitrogens with zero attached hydrogens (tertiary/aromatic N) is 4. The third-order valence-electron chi connectivity index (χ3n) is 12.4. The van der Waals surface area contributed by atoms with Crippen LogP contribution in [0.15, 0.2) is 162 Å². The van der Waals surface area contributed by atoms with Crippen LogP contribution in [0.5, 0.6) is 0 Å². The minimum Gasteiger partial charge on any atom is -0.486 e. The Hall–Kier alpha value is -6.50. The molecule has 0 atom stereocenters. The maximum atomic E-state index is 8.42. The van der Waals surface area contributed by atoms with Gasteiger partial charge in [0.05, 0.1) is 30.5 Å². The zero-order chi connectivity index (χ0) is 47.5. The molecule has 329 valence electrons. The molecule has 0 N–H and O–H groups in total. The van der Waals surface area contributed by atoms with Crippen molar-refractivity contribution in [2.75, 3.05) is 0 Å². The van der Waals surface area contributed by atoms with Crippen LogP contribution in [0.1, 0.15) is 60.5 Å². The second kappa shape index (κ2) is 18.1. The summed E-state index contributed by atoms with van der Waals surface area (Å²) >= 11 is 0. The van der Waals surface area contributed by atoms with E-state index in [0.717, 1.165) is 54.9 Å². The van der Waals surface area contributed by atoms with Gasteiger partial charge in [-0.2, -0.15) is 0 Å². The normalized spacial score (nSPS) is 12.7. The summed E-state index contributed by atoms with van der Waals surface area (Å²) in [5.41, 5.74) is 11.4. The summed E-state index contributed by atoms with van der Waals surface area (Å²) < 4.78 is 34.3. The first-order valence-electron chi connectivity index (χ1n) is 23.9. The van der Waals surface area contributed by atoms with Crippen LogP contribution in [0.2, 0.25) is 19.6 Å². The van der Waals surface area contributed by atoms with E-state index in [9.17, 15) is 0 Å². The van der Waals surface area contributed by atoms with Crippen molar-refractivity contribution in [3.8, 4) is 39.5 Å². The van der Waals surface area contributed by atoms with Crippen molar-refractivity contribution < 1.29 is 28.6 Å². The van der Waals surface area contributed by atoms with Gasteiger partial charge in [0, 0.05) is 58.0 Å². The fourth-order valence-electron chi connectivity index (χ4n) is 9.02. The van der Waals surface area contributed by atoms with Gasteiger partial charge in [0.25, 0.3) is 0 Å². The van der Waals surface area contributed by atoms with E-state index in [-0.39, 0.29) is 43.3 Å². The molecule has 0 unspecified atom stereocenters. The van der Waals surface area contributed by atoms with Gasteiger partial charge in [0.1, 0.15) is 0 Å². The second-order valence-electron chi connectivity index (χ2n) is 18.4. The largest absolute Gasteiger partial charge is 0.486 e. The number of fused-ring (bicyclic) bond motifs is 8. The smallest absolute Gasteiger partial charge is 0.217 e. The molecule has 7 heteroatoms. The van der Waals surface area contributed by atoms with Gasteiger partial charge in [-0.15, -0.1) is 54.1 Å². The third-order valence-corrected chi connectivity index (χ3v) is 14.4. The summed E-state index contributed by atoms with van der Waals surface area (Å²) in [6, 6.07) is 58.2. The molecule has 4 aromatic heterocycles. The molecule has 1 radical (unpaired) electrons. The maximum absolute atomic E-state index is 8.42. The number of aryl methyl sites for hydroxylation is 1. The Kier molecular flexibility index (Phi) is 11.2. The van der Waals surface area contributed by atoms with Gasteiger partial charge >= 0.3 is 0 Å². The fraction of sp³-hybridized carbons (Fsp3) is 0.169. The molecule has 5 nitrogen and oxygen atoms in total. The second-order valence-corrected chi connectivity index (χ2v) is 23.5. The van der Waals surface area contributed by atoms with Crippen LogP contribution in [-0.2, 0) is 20.1 Å². The van der Waals surface area contributed by atoms with Crippen LogP contribution in [-0.4, -0.2) is 27.6 Å². The Morgan fingerprint density at radius 1 is 0.652 bits per heavy atom. The van der Waals surface area contributed by atoms with Gasteiger partial charge in [-0.3, -0.25) is 4.98 Å². The molecule has 0 aliphatic heterocycles. The van der Waals surface area contributed by atoms with Gasteiger partial charge in [-0.1, -0.05) is 149 Å². The molecule has 4 heterocycles. The molecule has 0 fully saturated rings. The number of furan rings is 1. The number of hydrogen-bond acceptors (Lipinski definition) is 4. The van der Waals surface area contributed by atoms with E-state index in [0.29, 0.717) is 22.4 Å². The first-order chi connectivity index (χ1) is 32.7. The number of pyridine rings is 2. The first kappa shape index (κ1) is 41.0. The van der Waals surface area contributed by atoms with Gasteiger partial charge in [-0.25, -0.2) is 4.98 Å². The molecule has 0 saturated heterocycles. The SMILES string of the molecule is C[Si](C)(C)c1ccc(-c2[c-]cccc2)nc1.[2H]C([2H])([2H])c1nc2oc3c(-c4nc5ccccc5n4-c4c(C(C)C)cc(-c5ccccc5)cc4C(C)C)[c-]ccc3c2c2c1ccc1ccccc12.[Ir]. The number of benzene rings is 7. The predicted molar refractivity (Wildman–Crippen MR) is 275 cm³/mol. The minimum absolute atomic E-state index is 0. The number of para-hydroxylation sites is 2. The monoisotopic (exact) mass is 1060 g/mol. The van der Waals surface area contributed by atoms with E-state index in [2.05, 4.69) is 130 Å². The quantitative estimate of drug-likeness (QED) is 0.0907. The summed E-state index contributed by atoms with van der Waals surface area (Å²) in [7, 11) is -1.23. The molecular formula is C59H52IrN4OSi-2. The van der Waals surface area contributed by atoms with Crippen molar-refractivity contribution >= 4 is 67.9 Å². The van der Waals surface area contributed by atoms with Gasteiger partial charge in [0.2, 0.25) is 5.71 Å². The van der Waals surface area contributed by atoms with E-state index in [1.165, 1.54) is 27.4 Å². The maximum Gasteiger partial charge on any atom is 0.217 e. The topological polar surface area (TPSA) is 56.7 Å². The molecule has 11 aromatic rings. The van der Waals surface area contributed by atoms with Crippen molar-refractivity contribution in [2.24, 2.45) is 0 Å². The van der Waals surface area contributed by atoms with Crippen LogP contribution in [0.3, 0.4) is 0 Å². The average Bonchev–Trinajstić information content (AvgIpc) is 3.92. The zero-order valence-electron chi connectivity index (χ0n) is 41.2. The minimum atomic E-state index is -2.44. The molecular weight excluding hydrogens is 1000 g/mol. The molecule has 0 saturated carbocycles. The molecule has 0 spiro atoms. The Balaban J connectivity index is 0.000000296. The summed E-state index contributed by atoms with van der Waals surface area (Å²) in [6.07, 6.45) is 2.02. The van der Waals surface area contributed by atoms with Crippen molar-refractivity contribution in [3.63, 3.8) is 0 Å². The number of aromatic nitrogens is 4. The summed E-state index contributed by atoms with van der Waals surface area (Å²) in [6.45, 7) is 13.5. The van der Waals surface area contributed by atoms with Crippen molar-refractivity contribution in [1.29, 1.82) is 0 Å². The van der Waals surface area contributed by atoms with E-state index < -0.39 is 14.9 Å². The van der Waals surface area contributed by atoms with Gasteiger partial charge in [0.15, 0.2) is 0 Å². The molecule has 0 aliphatic rings. The van der Waals surface area contributed by atoms with Crippen molar-refractivity contribution in [3.05, 3.63) is 187 Å². The molecule has 0 amide bonds. The Morgan fingerprint density at radius 3 is 2.08 bits per heavy atom. The van der Waals surface area contributed by atoms with Crippen LogP contribution >= 0.6 is 0 Å². The van der Waals surface area contributed by atoms with Crippen LogP contribution in [0.25, 0.3) is 94.1 Å². The number of rotatable bonds is 7. The Bertz CT molecular complexity index is 3620. The Labute approximate surface area is 406 Å². The van der Waals surface area contributed by atoms with Crippen molar-refractivity contribution in [2.45, 2.75) is 66.0 Å². The molecule has 11 rings (SSSR count). The van der Waals surface area contributed by atoms with Gasteiger partial charge in [-0.05, 0) is 86.9 Å². The van der Waals surface area contributed by atoms with E-state index in [1.54, 1.807) is 0 Å². The van der Waals surface area contributed by atoms with E-state index in [4.69, 9.17) is 18.5 Å². The molecule has 0 aliphatic carbocycles. The fourth-order valence-corrected chi connectivity index (χ4v) is 10.1. The predicted octanol–water partition coefficient (Wildman–Crippen LogP) is 15.4. The summed E-state index contributed by atoms with van der Waals surface area (Å²) in [4.78, 5) is 14.5. The molecule has 7 aromatic carbocycles. The Morgan fingerprint density at radius 2 is 1.38 bits per heavy atom. The standard InChI is InChI=1S/C45H36N3O.C14H16NSi.Ir/c1-26(2)36-24-31(29-14-7-6-8-15-29)25-37(27(3)4)42(36)48-39-21-12-11-20-38(39)47-44(48)35-19-13-18-34-41-40-32(28(5)46-45(41)49-43(34)35)23-22-30-16-9-10-17-33(30)40;1-16(2,3)13-9-10-14(15-11-13)12-7-5-4-6-8-12;/h6-18,20-27H,1-5H3;4-7,9-11H,1-3H3;/q2*-1;/i5D3;;. The van der Waals surface area contributed by atoms with E-state index in [1.807, 2.05) is 97.2 Å². The number of hydrogen-bond donors (Lipinski definition) is 0. The first-order valence-corrected chi connectivity index (χ1v) is 25.9. The number of imidazole rings is 1. The average molecular weight is 1060 g/mol. The van der Waals surface area contributed by atoms with E-state index >= 15 is 0 Å². The van der Waals surface area contributed by atoms with Crippen LogP contribution in [0.4, 0.5) is 0 Å². The molecule has 66 heavy (non-hydrogen) atoms. The molecule has 0 bridgehead atoms.